The zero-order chi connectivity index (χ0) is 23.4. The Morgan fingerprint density at radius 2 is 1.94 bits per heavy atom. The Balaban J connectivity index is 1.28. The third-order valence-electron chi connectivity index (χ3n) is 9.45. The highest BCUT2D eigenvalue weighted by molar-refractivity contribution is 6.30. The van der Waals surface area contributed by atoms with Crippen LogP contribution in [0, 0.1) is 17.3 Å². The van der Waals surface area contributed by atoms with Gasteiger partial charge in [0.05, 0.1) is 17.1 Å². The van der Waals surface area contributed by atoms with Crippen LogP contribution in [0.25, 0.3) is 0 Å². The van der Waals surface area contributed by atoms with Gasteiger partial charge in [-0.05, 0) is 57.2 Å². The molecule has 2 saturated heterocycles. The van der Waals surface area contributed by atoms with Crippen LogP contribution in [0.3, 0.4) is 0 Å². The van der Waals surface area contributed by atoms with E-state index in [0.717, 1.165) is 62.6 Å². The smallest absolute Gasteiger partial charge is 0.310 e. The summed E-state index contributed by atoms with van der Waals surface area (Å²) in [7, 11) is 1.71. The molecule has 0 amide bonds. The second-order valence-electron chi connectivity index (χ2n) is 11.1. The molecule has 2 heterocycles. The lowest BCUT2D eigenvalue weighted by Crippen LogP contribution is -2.69. The lowest BCUT2D eigenvalue weighted by atomic mass is 9.49. The minimum atomic E-state index is -0.953. The van der Waals surface area contributed by atoms with Crippen LogP contribution in [0.2, 0.25) is 5.02 Å². The molecule has 1 aromatic rings. The van der Waals surface area contributed by atoms with Gasteiger partial charge in [0.1, 0.15) is 6.10 Å². The summed E-state index contributed by atoms with van der Waals surface area (Å²) in [5, 5.41) is 12.8. The second kappa shape index (κ2) is 8.40. The van der Waals surface area contributed by atoms with Gasteiger partial charge in [-0.2, -0.15) is 0 Å². The number of fused-ring (bicyclic) bond motifs is 2. The average Bonchev–Trinajstić information content (AvgIpc) is 3.07. The first kappa shape index (κ1) is 23.4. The molecule has 1 N–H and O–H groups in total. The van der Waals surface area contributed by atoms with E-state index in [9.17, 15) is 9.90 Å². The molecule has 1 aromatic carbocycles. The summed E-state index contributed by atoms with van der Waals surface area (Å²) in [6.45, 7) is 8.50. The maximum absolute atomic E-state index is 13.0. The number of hydrogen-bond donors (Lipinski definition) is 1. The molecule has 0 unspecified atom stereocenters. The fourth-order valence-electron chi connectivity index (χ4n) is 7.23. The normalized spacial score (nSPS) is 41.4. The quantitative estimate of drug-likeness (QED) is 0.668. The average molecular weight is 477 g/mol. The van der Waals surface area contributed by atoms with Crippen molar-refractivity contribution >= 4 is 23.3 Å². The Bertz CT molecular complexity index is 906. The third-order valence-corrected chi connectivity index (χ3v) is 9.69. The number of piperazine rings is 1. The van der Waals surface area contributed by atoms with Crippen LogP contribution in [0.5, 0.6) is 0 Å². The summed E-state index contributed by atoms with van der Waals surface area (Å²) < 4.78 is 11.9. The van der Waals surface area contributed by atoms with Gasteiger partial charge >= 0.3 is 5.97 Å². The molecule has 0 aromatic heterocycles. The van der Waals surface area contributed by atoms with E-state index in [-0.39, 0.29) is 29.3 Å². The van der Waals surface area contributed by atoms with Gasteiger partial charge in [-0.3, -0.25) is 9.69 Å². The molecule has 33 heavy (non-hydrogen) atoms. The SMILES string of the molecule is CO[C@]1(C)CCC[C@]2(C)C[C@H]3OC(=O)[C@H](CN4CCN(c5cccc(Cl)c5)CC4)[C@@H]3C[C@]21O. The minimum Gasteiger partial charge on any atom is -0.462 e. The number of carbonyl (C=O) groups excluding carboxylic acids is 1. The van der Waals surface area contributed by atoms with E-state index in [1.165, 1.54) is 0 Å². The highest BCUT2D eigenvalue weighted by atomic mass is 35.5. The fraction of sp³-hybridized carbons (Fsp3) is 0.731. The number of benzene rings is 1. The van der Waals surface area contributed by atoms with E-state index in [1.54, 1.807) is 7.11 Å². The Kier molecular flexibility index (Phi) is 5.96. The van der Waals surface area contributed by atoms with Gasteiger partial charge in [-0.1, -0.05) is 24.6 Å². The molecular formula is C26H37ClN2O4. The molecule has 2 aliphatic carbocycles. The first-order valence-corrected chi connectivity index (χ1v) is 12.8. The van der Waals surface area contributed by atoms with E-state index in [2.05, 4.69) is 22.8 Å². The van der Waals surface area contributed by atoms with E-state index in [4.69, 9.17) is 21.1 Å². The lowest BCUT2D eigenvalue weighted by molar-refractivity contribution is -0.270. The van der Waals surface area contributed by atoms with Gasteiger partial charge in [-0.15, -0.1) is 0 Å². The number of anilines is 1. The van der Waals surface area contributed by atoms with E-state index in [0.29, 0.717) is 13.0 Å². The summed E-state index contributed by atoms with van der Waals surface area (Å²) >= 11 is 6.17. The highest BCUT2D eigenvalue weighted by Gasteiger charge is 2.67. The van der Waals surface area contributed by atoms with Crippen molar-refractivity contribution in [3.8, 4) is 0 Å². The number of halogens is 1. The van der Waals surface area contributed by atoms with E-state index < -0.39 is 11.2 Å². The predicted molar refractivity (Wildman–Crippen MR) is 129 cm³/mol. The monoisotopic (exact) mass is 476 g/mol. The number of rotatable bonds is 4. The van der Waals surface area contributed by atoms with E-state index in [1.807, 2.05) is 25.1 Å². The van der Waals surface area contributed by atoms with Gasteiger partial charge in [0.15, 0.2) is 0 Å². The topological polar surface area (TPSA) is 62.2 Å². The van der Waals surface area contributed by atoms with Crippen molar-refractivity contribution in [1.29, 1.82) is 0 Å². The molecule has 0 bridgehead atoms. The zero-order valence-corrected chi connectivity index (χ0v) is 20.8. The molecule has 4 aliphatic rings. The highest BCUT2D eigenvalue weighted by Crippen LogP contribution is 2.61. The van der Waals surface area contributed by atoms with Crippen molar-refractivity contribution in [3.05, 3.63) is 29.3 Å². The van der Waals surface area contributed by atoms with Crippen LogP contribution >= 0.6 is 11.6 Å². The fourth-order valence-corrected chi connectivity index (χ4v) is 7.42. The number of ether oxygens (including phenoxy) is 2. The first-order chi connectivity index (χ1) is 15.7. The number of carbonyl (C=O) groups is 1. The largest absolute Gasteiger partial charge is 0.462 e. The van der Waals surface area contributed by atoms with Crippen molar-refractivity contribution in [3.63, 3.8) is 0 Å². The van der Waals surface area contributed by atoms with Gasteiger partial charge in [0.2, 0.25) is 0 Å². The Morgan fingerprint density at radius 3 is 2.64 bits per heavy atom. The summed E-state index contributed by atoms with van der Waals surface area (Å²) in [6.07, 6.45) is 4.00. The second-order valence-corrected chi connectivity index (χ2v) is 11.6. The van der Waals surface area contributed by atoms with Gasteiger partial charge < -0.3 is 19.5 Å². The van der Waals surface area contributed by atoms with Gasteiger partial charge in [0, 0.05) is 61.9 Å². The van der Waals surface area contributed by atoms with E-state index >= 15 is 0 Å². The molecule has 2 saturated carbocycles. The molecule has 2 aliphatic heterocycles. The van der Waals surface area contributed by atoms with Crippen molar-refractivity contribution < 1.29 is 19.4 Å². The molecule has 0 spiro atoms. The minimum absolute atomic E-state index is 0.0362. The summed E-state index contributed by atoms with van der Waals surface area (Å²) in [4.78, 5) is 17.7. The summed E-state index contributed by atoms with van der Waals surface area (Å²) in [5.74, 6) is -0.245. The van der Waals surface area contributed by atoms with Crippen LogP contribution < -0.4 is 4.90 Å². The van der Waals surface area contributed by atoms with Crippen molar-refractivity contribution in [1.82, 2.24) is 4.90 Å². The maximum Gasteiger partial charge on any atom is 0.310 e. The van der Waals surface area contributed by atoms with Gasteiger partial charge in [0.25, 0.3) is 0 Å². The number of esters is 1. The maximum atomic E-state index is 13.0. The molecule has 4 fully saturated rings. The number of aliphatic hydroxyl groups is 1. The summed E-state index contributed by atoms with van der Waals surface area (Å²) in [6, 6.07) is 7.98. The van der Waals surface area contributed by atoms with Crippen LogP contribution in [0.15, 0.2) is 24.3 Å². The number of hydrogen-bond acceptors (Lipinski definition) is 6. The van der Waals surface area contributed by atoms with Crippen molar-refractivity contribution in [2.45, 2.75) is 63.3 Å². The third kappa shape index (κ3) is 3.78. The molecular weight excluding hydrogens is 440 g/mol. The Morgan fingerprint density at radius 1 is 1.18 bits per heavy atom. The molecule has 6 atom stereocenters. The molecule has 6 nitrogen and oxygen atoms in total. The zero-order valence-electron chi connectivity index (χ0n) is 20.1. The predicted octanol–water partition coefficient (Wildman–Crippen LogP) is 3.74. The number of methoxy groups -OCH3 is 1. The molecule has 0 radical (unpaired) electrons. The summed E-state index contributed by atoms with van der Waals surface area (Å²) in [5.41, 5.74) is -0.697. The van der Waals surface area contributed by atoms with Crippen LogP contribution in [-0.2, 0) is 14.3 Å². The van der Waals surface area contributed by atoms with Gasteiger partial charge in [-0.25, -0.2) is 0 Å². The molecule has 182 valence electrons. The Labute approximate surface area is 202 Å². The first-order valence-electron chi connectivity index (χ1n) is 12.4. The van der Waals surface area contributed by atoms with Crippen LogP contribution in [0.1, 0.15) is 46.0 Å². The van der Waals surface area contributed by atoms with Crippen LogP contribution in [-0.4, -0.2) is 73.1 Å². The Hall–Kier alpha value is -1.34. The molecule has 7 heteroatoms. The van der Waals surface area contributed by atoms with Crippen molar-refractivity contribution in [2.24, 2.45) is 17.3 Å². The van der Waals surface area contributed by atoms with Crippen molar-refractivity contribution in [2.75, 3.05) is 44.7 Å². The van der Waals surface area contributed by atoms with Crippen LogP contribution in [0.4, 0.5) is 5.69 Å². The number of nitrogens with zero attached hydrogens (tertiary/aromatic N) is 2. The standard InChI is InChI=1S/C26H37ClN2O4/c1-24-8-5-9-25(2,32-3)26(24,31)15-20-21(23(30)33-22(20)16-24)17-28-10-12-29(13-11-28)19-7-4-6-18(27)14-19/h4,6-7,14,20-22,31H,5,8-13,15-17H2,1-3H3/t20-,21+,22+,24+,25+,26-/m0/s1. The molecule has 5 rings (SSSR count). The lowest BCUT2D eigenvalue weighted by Gasteiger charge is -2.62.